The van der Waals surface area contributed by atoms with E-state index in [1.54, 1.807) is 6.92 Å². The monoisotopic (exact) mass is 653 g/mol. The molecule has 0 unspecified atom stereocenters. The zero-order valence-electron chi connectivity index (χ0n) is 27.1. The molecular formula is C38H43N3O7. The molecule has 3 aromatic rings. The number of nitrogens with one attached hydrogen (secondary N) is 3. The van der Waals surface area contributed by atoms with E-state index in [2.05, 4.69) is 28.1 Å². The first-order chi connectivity index (χ1) is 23.3. The van der Waals surface area contributed by atoms with Gasteiger partial charge >= 0.3 is 12.1 Å². The standard InChI is InChI=1S/C38H43N3O7/c1-25(22-42)39-35(43)21-27-14-6-3-7-19-34(37(45)47-23-28(40-36(27)44)20-26-12-4-2-5-13-26)41-38(46)48-24-33-31-17-10-8-15-29(31)30-16-9-11-18-32(30)33/h2-6,8-13,15-18,25,27-28,33-34,42H,7,14,19-24H2,1H3,(H,39,43)(H,40,44)(H,41,46)/t25-,27+,28+,34-/m0/s1. The van der Waals surface area contributed by atoms with Crippen LogP contribution in [0.1, 0.15) is 55.2 Å². The molecule has 1 aliphatic heterocycles. The third-order valence-corrected chi connectivity index (χ3v) is 8.71. The van der Waals surface area contributed by atoms with Gasteiger partial charge in [0.05, 0.1) is 18.6 Å². The van der Waals surface area contributed by atoms with Crippen LogP contribution in [0.25, 0.3) is 11.1 Å². The van der Waals surface area contributed by atoms with Crippen LogP contribution in [0.3, 0.4) is 0 Å². The second kappa shape index (κ2) is 16.7. The molecule has 10 nitrogen and oxygen atoms in total. The fraction of sp³-hybridized carbons (Fsp3) is 0.368. The van der Waals surface area contributed by atoms with E-state index in [9.17, 15) is 24.3 Å². The van der Waals surface area contributed by atoms with E-state index >= 15 is 0 Å². The molecule has 0 bridgehead atoms. The average Bonchev–Trinajstić information content (AvgIpc) is 3.42. The lowest BCUT2D eigenvalue weighted by Crippen LogP contribution is -2.47. The van der Waals surface area contributed by atoms with Crippen LogP contribution in [0.5, 0.6) is 0 Å². The first kappa shape index (κ1) is 34.4. The zero-order chi connectivity index (χ0) is 33.9. The second-order valence-electron chi connectivity index (χ2n) is 12.4. The number of ether oxygens (including phenoxy) is 2. The first-order valence-corrected chi connectivity index (χ1v) is 16.5. The van der Waals surface area contributed by atoms with Crippen molar-refractivity contribution < 1.29 is 33.8 Å². The minimum atomic E-state index is -0.972. The lowest BCUT2D eigenvalue weighted by Gasteiger charge is -2.24. The maximum atomic E-state index is 13.4. The second-order valence-corrected chi connectivity index (χ2v) is 12.4. The maximum Gasteiger partial charge on any atom is 0.407 e. The number of hydrogen-bond donors (Lipinski definition) is 4. The molecule has 2 aliphatic rings. The third-order valence-electron chi connectivity index (χ3n) is 8.71. The molecule has 0 fully saturated rings. The predicted molar refractivity (Wildman–Crippen MR) is 181 cm³/mol. The van der Waals surface area contributed by atoms with Crippen LogP contribution in [0.2, 0.25) is 0 Å². The number of amides is 3. The first-order valence-electron chi connectivity index (χ1n) is 16.5. The van der Waals surface area contributed by atoms with Crippen molar-refractivity contribution in [3.05, 3.63) is 108 Å². The summed E-state index contributed by atoms with van der Waals surface area (Å²) in [6.07, 6.45) is 4.21. The minimum absolute atomic E-state index is 0.0652. The molecule has 0 radical (unpaired) electrons. The van der Waals surface area contributed by atoms with Crippen molar-refractivity contribution in [1.29, 1.82) is 0 Å². The molecule has 0 saturated heterocycles. The Balaban J connectivity index is 1.26. The van der Waals surface area contributed by atoms with Crippen molar-refractivity contribution in [2.24, 2.45) is 5.92 Å². The highest BCUT2D eigenvalue weighted by atomic mass is 16.6. The van der Waals surface area contributed by atoms with Gasteiger partial charge in [-0.05, 0) is 60.4 Å². The van der Waals surface area contributed by atoms with Crippen LogP contribution in [-0.2, 0) is 30.3 Å². The molecule has 1 heterocycles. The summed E-state index contributed by atoms with van der Waals surface area (Å²) in [5.74, 6) is -2.10. The van der Waals surface area contributed by atoms with Crippen LogP contribution in [0.15, 0.2) is 91.0 Å². The van der Waals surface area contributed by atoms with Crippen molar-refractivity contribution >= 4 is 23.9 Å². The van der Waals surface area contributed by atoms with E-state index in [0.29, 0.717) is 19.3 Å². The van der Waals surface area contributed by atoms with Gasteiger partial charge in [-0.25, -0.2) is 9.59 Å². The molecular weight excluding hydrogens is 610 g/mol. The van der Waals surface area contributed by atoms with Gasteiger partial charge in [0.2, 0.25) is 11.8 Å². The molecule has 4 N–H and O–H groups in total. The number of cyclic esters (lactones) is 1. The molecule has 48 heavy (non-hydrogen) atoms. The van der Waals surface area contributed by atoms with Gasteiger partial charge in [0.15, 0.2) is 0 Å². The van der Waals surface area contributed by atoms with Crippen LogP contribution < -0.4 is 16.0 Å². The van der Waals surface area contributed by atoms with Crippen LogP contribution in [-0.4, -0.2) is 66.9 Å². The highest BCUT2D eigenvalue weighted by Gasteiger charge is 2.31. The van der Waals surface area contributed by atoms with E-state index < -0.39 is 36.1 Å². The normalized spacial score (nSPS) is 20.4. The Morgan fingerprint density at radius 3 is 2.31 bits per heavy atom. The largest absolute Gasteiger partial charge is 0.462 e. The summed E-state index contributed by atoms with van der Waals surface area (Å²) in [7, 11) is 0. The predicted octanol–water partition coefficient (Wildman–Crippen LogP) is 4.41. The molecule has 0 aromatic heterocycles. The number of benzene rings is 3. The van der Waals surface area contributed by atoms with E-state index in [-0.39, 0.29) is 50.4 Å². The Bertz CT molecular complexity index is 1560. The molecule has 3 amide bonds. The highest BCUT2D eigenvalue weighted by molar-refractivity contribution is 5.86. The van der Waals surface area contributed by atoms with Gasteiger partial charge in [0.1, 0.15) is 19.3 Å². The summed E-state index contributed by atoms with van der Waals surface area (Å²) in [5, 5.41) is 17.7. The molecule has 4 atom stereocenters. The SMILES string of the molecule is C[C@@H](CO)NC(=O)C[C@H]1CC=CCC[C@H](NC(=O)OCC2c3ccccc3-c3ccccc32)C(=O)OC[C@@H](Cc2ccccc2)NC1=O. The summed E-state index contributed by atoms with van der Waals surface area (Å²) >= 11 is 0. The number of rotatable bonds is 9. The van der Waals surface area contributed by atoms with Crippen molar-refractivity contribution in [1.82, 2.24) is 16.0 Å². The number of aliphatic hydroxyl groups excluding tert-OH is 1. The van der Waals surface area contributed by atoms with Gasteiger partial charge in [-0.15, -0.1) is 0 Å². The third kappa shape index (κ3) is 9.10. The van der Waals surface area contributed by atoms with Crippen molar-refractivity contribution in [2.75, 3.05) is 19.8 Å². The number of aliphatic hydroxyl groups is 1. The number of carbonyl (C=O) groups is 4. The van der Waals surface area contributed by atoms with E-state index in [0.717, 1.165) is 27.8 Å². The average molecular weight is 654 g/mol. The zero-order valence-corrected chi connectivity index (χ0v) is 27.1. The van der Waals surface area contributed by atoms with Crippen molar-refractivity contribution in [2.45, 2.75) is 63.1 Å². The number of allylic oxidation sites excluding steroid dienone is 2. The van der Waals surface area contributed by atoms with Crippen molar-refractivity contribution in [3.8, 4) is 11.1 Å². The Morgan fingerprint density at radius 2 is 1.62 bits per heavy atom. The Labute approximate surface area is 280 Å². The lowest BCUT2D eigenvalue weighted by atomic mass is 9.97. The van der Waals surface area contributed by atoms with Crippen LogP contribution >= 0.6 is 0 Å². The Morgan fingerprint density at radius 1 is 0.958 bits per heavy atom. The summed E-state index contributed by atoms with van der Waals surface area (Å²) in [5.41, 5.74) is 5.34. The van der Waals surface area contributed by atoms with Gasteiger partial charge in [-0.1, -0.05) is 91.0 Å². The van der Waals surface area contributed by atoms with Gasteiger partial charge in [-0.2, -0.15) is 0 Å². The fourth-order valence-electron chi connectivity index (χ4n) is 6.21. The Hall–Kier alpha value is -4.96. The van der Waals surface area contributed by atoms with Crippen LogP contribution in [0.4, 0.5) is 4.79 Å². The molecule has 3 aromatic carbocycles. The molecule has 10 heteroatoms. The van der Waals surface area contributed by atoms with Gasteiger partial charge in [0.25, 0.3) is 0 Å². The summed E-state index contributed by atoms with van der Waals surface area (Å²) in [6, 6.07) is 23.6. The number of carbonyl (C=O) groups excluding carboxylic acids is 4. The lowest BCUT2D eigenvalue weighted by molar-refractivity contribution is -0.147. The van der Waals surface area contributed by atoms with Gasteiger partial charge < -0.3 is 30.5 Å². The topological polar surface area (TPSA) is 143 Å². The summed E-state index contributed by atoms with van der Waals surface area (Å²) < 4.78 is 11.4. The number of hydrogen-bond acceptors (Lipinski definition) is 7. The molecule has 252 valence electrons. The van der Waals surface area contributed by atoms with Crippen LogP contribution in [0, 0.1) is 5.92 Å². The molecule has 0 saturated carbocycles. The van der Waals surface area contributed by atoms with Gasteiger partial charge in [0, 0.05) is 18.4 Å². The molecule has 0 spiro atoms. The summed E-state index contributed by atoms with van der Waals surface area (Å²) in [4.78, 5) is 52.5. The minimum Gasteiger partial charge on any atom is -0.462 e. The number of esters is 1. The molecule has 5 rings (SSSR count). The number of fused-ring (bicyclic) bond motifs is 3. The number of alkyl carbamates (subject to hydrolysis) is 1. The van der Waals surface area contributed by atoms with E-state index in [1.165, 1.54) is 0 Å². The van der Waals surface area contributed by atoms with E-state index in [1.807, 2.05) is 78.9 Å². The highest BCUT2D eigenvalue weighted by Crippen LogP contribution is 2.44. The smallest absolute Gasteiger partial charge is 0.407 e. The molecule has 1 aliphatic carbocycles. The van der Waals surface area contributed by atoms with Gasteiger partial charge in [-0.3, -0.25) is 9.59 Å². The maximum absolute atomic E-state index is 13.4. The summed E-state index contributed by atoms with van der Waals surface area (Å²) in [6.45, 7) is 1.45. The quantitative estimate of drug-likeness (QED) is 0.198. The fourth-order valence-corrected chi connectivity index (χ4v) is 6.21. The Kier molecular flexibility index (Phi) is 12.0. The van der Waals surface area contributed by atoms with E-state index in [4.69, 9.17) is 9.47 Å². The van der Waals surface area contributed by atoms with Crippen molar-refractivity contribution in [3.63, 3.8) is 0 Å².